The lowest BCUT2D eigenvalue weighted by Gasteiger charge is -2.20. The van der Waals surface area contributed by atoms with E-state index in [1.165, 1.54) is 0 Å². The standard InChI is InChI=1S/C20H25NO5/c1-21(13-15-8-6-7-9-16(15)23-2)18(22)12-14-10-11-17(24-3)20(26-5)19(14)25-4/h6-11H,12-13H2,1-5H3. The van der Waals surface area contributed by atoms with Crippen LogP contribution >= 0.6 is 0 Å². The van der Waals surface area contributed by atoms with Crippen LogP contribution in [0.15, 0.2) is 36.4 Å². The summed E-state index contributed by atoms with van der Waals surface area (Å²) in [5.41, 5.74) is 1.69. The third kappa shape index (κ3) is 4.20. The van der Waals surface area contributed by atoms with E-state index in [1.807, 2.05) is 30.3 Å². The van der Waals surface area contributed by atoms with Crippen molar-refractivity contribution in [2.45, 2.75) is 13.0 Å². The van der Waals surface area contributed by atoms with Gasteiger partial charge in [-0.2, -0.15) is 0 Å². The van der Waals surface area contributed by atoms with E-state index in [4.69, 9.17) is 18.9 Å². The second kappa shape index (κ2) is 8.99. The molecule has 0 saturated carbocycles. The summed E-state index contributed by atoms with van der Waals surface area (Å²) in [6, 6.07) is 11.2. The van der Waals surface area contributed by atoms with Crippen LogP contribution in [-0.4, -0.2) is 46.3 Å². The number of carbonyl (C=O) groups excluding carboxylic acids is 1. The SMILES string of the molecule is COc1ccccc1CN(C)C(=O)Cc1ccc(OC)c(OC)c1OC. The normalized spacial score (nSPS) is 10.2. The smallest absolute Gasteiger partial charge is 0.227 e. The minimum absolute atomic E-state index is 0.0403. The number of ether oxygens (including phenoxy) is 4. The Morgan fingerprint density at radius 2 is 1.46 bits per heavy atom. The third-order valence-electron chi connectivity index (χ3n) is 4.15. The molecular formula is C20H25NO5. The summed E-state index contributed by atoms with van der Waals surface area (Å²) in [5, 5.41) is 0. The lowest BCUT2D eigenvalue weighted by molar-refractivity contribution is -0.129. The predicted molar refractivity (Wildman–Crippen MR) is 99.3 cm³/mol. The number of nitrogens with zero attached hydrogens (tertiary/aromatic N) is 1. The molecule has 2 aromatic rings. The van der Waals surface area contributed by atoms with E-state index < -0.39 is 0 Å². The molecule has 0 fully saturated rings. The Kier molecular flexibility index (Phi) is 6.72. The van der Waals surface area contributed by atoms with Gasteiger partial charge >= 0.3 is 0 Å². The molecule has 6 nitrogen and oxygen atoms in total. The van der Waals surface area contributed by atoms with E-state index in [1.54, 1.807) is 46.5 Å². The summed E-state index contributed by atoms with van der Waals surface area (Å²) in [5.74, 6) is 2.26. The van der Waals surface area contributed by atoms with Crippen LogP contribution in [0, 0.1) is 0 Å². The zero-order chi connectivity index (χ0) is 19.1. The average molecular weight is 359 g/mol. The van der Waals surface area contributed by atoms with Crippen LogP contribution in [0.5, 0.6) is 23.0 Å². The van der Waals surface area contributed by atoms with Gasteiger partial charge < -0.3 is 23.8 Å². The molecule has 0 spiro atoms. The molecule has 0 atom stereocenters. The molecule has 0 aliphatic rings. The molecule has 0 unspecified atom stereocenters. The molecule has 0 aliphatic carbocycles. The van der Waals surface area contributed by atoms with Crippen LogP contribution in [0.3, 0.4) is 0 Å². The number of hydrogen-bond acceptors (Lipinski definition) is 5. The van der Waals surface area contributed by atoms with E-state index in [9.17, 15) is 4.79 Å². The Balaban J connectivity index is 2.18. The molecule has 2 aromatic carbocycles. The van der Waals surface area contributed by atoms with Gasteiger partial charge in [0, 0.05) is 24.7 Å². The van der Waals surface area contributed by atoms with Crippen molar-refractivity contribution in [2.75, 3.05) is 35.5 Å². The van der Waals surface area contributed by atoms with E-state index in [-0.39, 0.29) is 12.3 Å². The fourth-order valence-corrected chi connectivity index (χ4v) is 2.78. The first-order valence-corrected chi connectivity index (χ1v) is 8.19. The Bertz CT molecular complexity index is 760. The first-order valence-electron chi connectivity index (χ1n) is 8.19. The summed E-state index contributed by atoms with van der Waals surface area (Å²) in [6.45, 7) is 0.457. The molecule has 0 N–H and O–H groups in total. The molecule has 0 heterocycles. The lowest BCUT2D eigenvalue weighted by Crippen LogP contribution is -2.28. The van der Waals surface area contributed by atoms with Crippen molar-refractivity contribution in [1.82, 2.24) is 4.90 Å². The first kappa shape index (κ1) is 19.4. The van der Waals surface area contributed by atoms with Gasteiger partial charge in [-0.25, -0.2) is 0 Å². The monoisotopic (exact) mass is 359 g/mol. The number of para-hydroxylation sites is 1. The summed E-state index contributed by atoms with van der Waals surface area (Å²) < 4.78 is 21.4. The van der Waals surface area contributed by atoms with Gasteiger partial charge in [-0.05, 0) is 12.1 Å². The van der Waals surface area contributed by atoms with Crippen LogP contribution in [0.2, 0.25) is 0 Å². The largest absolute Gasteiger partial charge is 0.496 e. The van der Waals surface area contributed by atoms with Gasteiger partial charge in [0.15, 0.2) is 11.5 Å². The van der Waals surface area contributed by atoms with E-state index >= 15 is 0 Å². The second-order valence-electron chi connectivity index (χ2n) is 5.73. The van der Waals surface area contributed by atoms with Crippen LogP contribution in [0.1, 0.15) is 11.1 Å². The van der Waals surface area contributed by atoms with Crippen LogP contribution in [0.4, 0.5) is 0 Å². The van der Waals surface area contributed by atoms with Gasteiger partial charge in [0.2, 0.25) is 11.7 Å². The predicted octanol–water partition coefficient (Wildman–Crippen LogP) is 2.92. The third-order valence-corrected chi connectivity index (χ3v) is 4.15. The fraction of sp³-hybridized carbons (Fsp3) is 0.350. The number of carbonyl (C=O) groups is 1. The molecular weight excluding hydrogens is 334 g/mol. The van der Waals surface area contributed by atoms with Gasteiger partial charge in [0.05, 0.1) is 34.9 Å². The molecule has 0 aliphatic heterocycles. The van der Waals surface area contributed by atoms with E-state index in [0.29, 0.717) is 23.8 Å². The maximum atomic E-state index is 12.7. The highest BCUT2D eigenvalue weighted by Crippen LogP contribution is 2.40. The first-order chi connectivity index (χ1) is 12.5. The molecule has 140 valence electrons. The zero-order valence-electron chi connectivity index (χ0n) is 15.9. The van der Waals surface area contributed by atoms with Crippen molar-refractivity contribution in [3.8, 4) is 23.0 Å². The van der Waals surface area contributed by atoms with Crippen LogP contribution < -0.4 is 18.9 Å². The highest BCUT2D eigenvalue weighted by Gasteiger charge is 2.20. The van der Waals surface area contributed by atoms with E-state index in [0.717, 1.165) is 16.9 Å². The minimum atomic E-state index is -0.0403. The summed E-state index contributed by atoms with van der Waals surface area (Å²) in [6.07, 6.45) is 0.190. The molecule has 26 heavy (non-hydrogen) atoms. The average Bonchev–Trinajstić information content (AvgIpc) is 2.67. The number of benzene rings is 2. The van der Waals surface area contributed by atoms with Gasteiger partial charge in [0.25, 0.3) is 0 Å². The van der Waals surface area contributed by atoms with Crippen molar-refractivity contribution in [3.05, 3.63) is 47.5 Å². The second-order valence-corrected chi connectivity index (χ2v) is 5.73. The lowest BCUT2D eigenvalue weighted by atomic mass is 10.1. The Morgan fingerprint density at radius 3 is 2.08 bits per heavy atom. The number of likely N-dealkylation sites (N-methyl/N-ethyl adjacent to an activating group) is 1. The summed E-state index contributed by atoms with van der Waals surface area (Å²) >= 11 is 0. The maximum absolute atomic E-state index is 12.7. The van der Waals surface area contributed by atoms with Crippen molar-refractivity contribution < 1.29 is 23.7 Å². The summed E-state index contributed by atoms with van der Waals surface area (Å²) in [7, 11) is 8.03. The highest BCUT2D eigenvalue weighted by molar-refractivity contribution is 5.80. The number of hydrogen-bond donors (Lipinski definition) is 0. The molecule has 6 heteroatoms. The topological polar surface area (TPSA) is 57.2 Å². The summed E-state index contributed by atoms with van der Waals surface area (Å²) in [4.78, 5) is 14.4. The van der Waals surface area contributed by atoms with Gasteiger partial charge in [-0.3, -0.25) is 4.79 Å². The molecule has 1 amide bonds. The molecule has 2 rings (SSSR count). The molecule has 0 aromatic heterocycles. The molecule has 0 bridgehead atoms. The zero-order valence-corrected chi connectivity index (χ0v) is 15.9. The van der Waals surface area contributed by atoms with Crippen molar-refractivity contribution in [3.63, 3.8) is 0 Å². The van der Waals surface area contributed by atoms with E-state index in [2.05, 4.69) is 0 Å². The van der Waals surface area contributed by atoms with Gasteiger partial charge in [0.1, 0.15) is 5.75 Å². The molecule has 0 saturated heterocycles. The number of methoxy groups -OCH3 is 4. The molecule has 0 radical (unpaired) electrons. The highest BCUT2D eigenvalue weighted by atomic mass is 16.5. The quantitative estimate of drug-likeness (QED) is 0.725. The Hall–Kier alpha value is -2.89. The number of amides is 1. The van der Waals surface area contributed by atoms with Crippen LogP contribution in [0.25, 0.3) is 0 Å². The number of rotatable bonds is 8. The Labute approximate surface area is 154 Å². The Morgan fingerprint density at radius 1 is 0.808 bits per heavy atom. The fourth-order valence-electron chi connectivity index (χ4n) is 2.78. The van der Waals surface area contributed by atoms with Crippen molar-refractivity contribution >= 4 is 5.91 Å². The van der Waals surface area contributed by atoms with Crippen molar-refractivity contribution in [2.24, 2.45) is 0 Å². The maximum Gasteiger partial charge on any atom is 0.227 e. The van der Waals surface area contributed by atoms with Crippen molar-refractivity contribution in [1.29, 1.82) is 0 Å². The minimum Gasteiger partial charge on any atom is -0.496 e. The van der Waals surface area contributed by atoms with Gasteiger partial charge in [-0.1, -0.05) is 24.3 Å². The van der Waals surface area contributed by atoms with Gasteiger partial charge in [-0.15, -0.1) is 0 Å². The van der Waals surface area contributed by atoms with Crippen LogP contribution in [-0.2, 0) is 17.8 Å².